The maximum absolute atomic E-state index is 12.4. The number of hydrogen-bond donors (Lipinski definition) is 1. The molecule has 0 bridgehead atoms. The van der Waals surface area contributed by atoms with E-state index in [9.17, 15) is 4.79 Å². The number of rotatable bonds is 4. The zero-order valence-electron chi connectivity index (χ0n) is 12.0. The van der Waals surface area contributed by atoms with Crippen molar-refractivity contribution in [3.63, 3.8) is 0 Å². The van der Waals surface area contributed by atoms with E-state index in [4.69, 9.17) is 14.6 Å². The zero-order chi connectivity index (χ0) is 14.8. The monoisotopic (exact) mass is 286 g/mol. The Bertz CT molecular complexity index is 710. The van der Waals surface area contributed by atoms with Crippen molar-refractivity contribution in [2.45, 2.75) is 32.2 Å². The van der Waals surface area contributed by atoms with Gasteiger partial charge in [0.1, 0.15) is 11.5 Å². The molecule has 1 aromatic carbocycles. The summed E-state index contributed by atoms with van der Waals surface area (Å²) in [4.78, 5) is 12.4. The molecule has 0 aliphatic heterocycles. The van der Waals surface area contributed by atoms with Gasteiger partial charge in [0.2, 0.25) is 0 Å². The Kier molecular flexibility index (Phi) is 3.64. The van der Waals surface area contributed by atoms with Gasteiger partial charge in [-0.1, -0.05) is 0 Å². The van der Waals surface area contributed by atoms with Crippen molar-refractivity contribution in [1.29, 1.82) is 5.41 Å². The largest absolute Gasteiger partial charge is 0.497 e. The maximum Gasteiger partial charge on any atom is 0.294 e. The SMILES string of the molecule is COc1ccc(C(=O)Cn2c3c(oc2=N)CCCC3)cc1. The van der Waals surface area contributed by atoms with Crippen LogP contribution in [0.25, 0.3) is 0 Å². The molecule has 2 aromatic rings. The van der Waals surface area contributed by atoms with Crippen LogP contribution in [-0.4, -0.2) is 17.5 Å². The summed E-state index contributed by atoms with van der Waals surface area (Å²) >= 11 is 0. The minimum absolute atomic E-state index is 0.0228. The fraction of sp³-hybridized carbons (Fsp3) is 0.375. The molecule has 110 valence electrons. The number of oxazole rings is 1. The number of carbonyl (C=O) groups excluding carboxylic acids is 1. The number of nitrogens with one attached hydrogen (secondary N) is 1. The predicted octanol–water partition coefficient (Wildman–Crippen LogP) is 2.33. The van der Waals surface area contributed by atoms with E-state index < -0.39 is 0 Å². The average Bonchev–Trinajstić information content (AvgIpc) is 2.83. The second-order valence-corrected chi connectivity index (χ2v) is 5.22. The number of carbonyl (C=O) groups is 1. The molecule has 3 rings (SSSR count). The number of benzene rings is 1. The lowest BCUT2D eigenvalue weighted by Crippen LogP contribution is -2.23. The van der Waals surface area contributed by atoms with Gasteiger partial charge in [-0.15, -0.1) is 0 Å². The van der Waals surface area contributed by atoms with Crippen LogP contribution in [0.4, 0.5) is 0 Å². The summed E-state index contributed by atoms with van der Waals surface area (Å²) in [7, 11) is 1.59. The molecule has 1 N–H and O–H groups in total. The van der Waals surface area contributed by atoms with Crippen LogP contribution in [0.1, 0.15) is 34.7 Å². The van der Waals surface area contributed by atoms with Gasteiger partial charge in [-0.05, 0) is 43.5 Å². The number of Topliss-reactive ketones (excluding diaryl/α,β-unsaturated/α-hetero) is 1. The lowest BCUT2D eigenvalue weighted by molar-refractivity contribution is 0.0967. The van der Waals surface area contributed by atoms with Crippen molar-refractivity contribution < 1.29 is 13.9 Å². The number of aryl methyl sites for hydroxylation is 1. The summed E-state index contributed by atoms with van der Waals surface area (Å²) in [5.41, 5.74) is 1.70. The number of ether oxygens (including phenoxy) is 1. The smallest absolute Gasteiger partial charge is 0.294 e. The van der Waals surface area contributed by atoms with Crippen molar-refractivity contribution >= 4 is 5.78 Å². The third kappa shape index (κ3) is 2.63. The second kappa shape index (κ2) is 5.60. The highest BCUT2D eigenvalue weighted by molar-refractivity contribution is 5.96. The van der Waals surface area contributed by atoms with Crippen molar-refractivity contribution in [3.05, 3.63) is 47.0 Å². The topological polar surface area (TPSA) is 68.2 Å². The third-order valence-electron chi connectivity index (χ3n) is 3.89. The highest BCUT2D eigenvalue weighted by Crippen LogP contribution is 2.20. The van der Waals surface area contributed by atoms with Crippen LogP contribution in [0.15, 0.2) is 28.7 Å². The molecule has 0 amide bonds. The van der Waals surface area contributed by atoms with Gasteiger partial charge in [0.15, 0.2) is 5.78 Å². The predicted molar refractivity (Wildman–Crippen MR) is 76.5 cm³/mol. The quantitative estimate of drug-likeness (QED) is 0.877. The fourth-order valence-corrected chi connectivity index (χ4v) is 2.73. The molecule has 1 aliphatic rings. The summed E-state index contributed by atoms with van der Waals surface area (Å²) in [6, 6.07) is 7.03. The number of fused-ring (bicyclic) bond motifs is 1. The molecule has 0 unspecified atom stereocenters. The Morgan fingerprint density at radius 2 is 2.00 bits per heavy atom. The van der Waals surface area contributed by atoms with E-state index in [1.54, 1.807) is 35.9 Å². The zero-order valence-corrected chi connectivity index (χ0v) is 12.0. The summed E-state index contributed by atoms with van der Waals surface area (Å²) in [5.74, 6) is 1.57. The Morgan fingerprint density at radius 1 is 1.29 bits per heavy atom. The molecule has 1 aromatic heterocycles. The van der Waals surface area contributed by atoms with Gasteiger partial charge in [-0.3, -0.25) is 14.8 Å². The van der Waals surface area contributed by atoms with Gasteiger partial charge in [0.25, 0.3) is 5.68 Å². The first kappa shape index (κ1) is 13.7. The van der Waals surface area contributed by atoms with Crippen LogP contribution < -0.4 is 10.4 Å². The maximum atomic E-state index is 12.4. The number of aromatic nitrogens is 1. The van der Waals surface area contributed by atoms with E-state index in [1.165, 1.54) is 0 Å². The third-order valence-corrected chi connectivity index (χ3v) is 3.89. The van der Waals surface area contributed by atoms with Gasteiger partial charge in [0, 0.05) is 12.0 Å². The summed E-state index contributed by atoms with van der Waals surface area (Å²) < 4.78 is 12.3. The standard InChI is InChI=1S/C16H18N2O3/c1-20-12-8-6-11(7-9-12)14(19)10-18-13-4-2-3-5-15(13)21-16(18)17/h6-9,17H,2-5,10H2,1H3. The molecule has 5 heteroatoms. The molecule has 0 radical (unpaired) electrons. The molecule has 0 spiro atoms. The normalized spacial score (nSPS) is 13.8. The highest BCUT2D eigenvalue weighted by Gasteiger charge is 2.20. The van der Waals surface area contributed by atoms with Crippen molar-refractivity contribution in [2.24, 2.45) is 0 Å². The fourth-order valence-electron chi connectivity index (χ4n) is 2.73. The van der Waals surface area contributed by atoms with Crippen LogP contribution in [-0.2, 0) is 19.4 Å². The van der Waals surface area contributed by atoms with Crippen LogP contribution in [0.3, 0.4) is 0 Å². The van der Waals surface area contributed by atoms with E-state index in [0.29, 0.717) is 5.56 Å². The second-order valence-electron chi connectivity index (χ2n) is 5.22. The number of hydrogen-bond acceptors (Lipinski definition) is 4. The lowest BCUT2D eigenvalue weighted by Gasteiger charge is -2.12. The molecule has 1 aliphatic carbocycles. The van der Waals surface area contributed by atoms with E-state index in [0.717, 1.165) is 42.9 Å². The summed E-state index contributed by atoms with van der Waals surface area (Å²) in [6.45, 7) is 0.157. The summed E-state index contributed by atoms with van der Waals surface area (Å²) in [6.07, 6.45) is 3.92. The van der Waals surface area contributed by atoms with Crippen LogP contribution in [0, 0.1) is 5.41 Å². The number of nitrogens with zero attached hydrogens (tertiary/aromatic N) is 1. The van der Waals surface area contributed by atoms with Crippen LogP contribution in [0.5, 0.6) is 5.75 Å². The van der Waals surface area contributed by atoms with Crippen molar-refractivity contribution in [1.82, 2.24) is 4.57 Å². The van der Waals surface area contributed by atoms with Crippen LogP contribution >= 0.6 is 0 Å². The molecule has 0 atom stereocenters. The minimum atomic E-state index is -0.0228. The van der Waals surface area contributed by atoms with Gasteiger partial charge >= 0.3 is 0 Å². The lowest BCUT2D eigenvalue weighted by atomic mass is 10.0. The number of ketones is 1. The molecular weight excluding hydrogens is 268 g/mol. The molecular formula is C16H18N2O3. The van der Waals surface area contributed by atoms with E-state index in [-0.39, 0.29) is 18.0 Å². The Hall–Kier alpha value is -2.30. The van der Waals surface area contributed by atoms with Gasteiger partial charge in [-0.2, -0.15) is 0 Å². The Labute approximate surface area is 122 Å². The minimum Gasteiger partial charge on any atom is -0.497 e. The van der Waals surface area contributed by atoms with E-state index in [1.807, 2.05) is 0 Å². The molecule has 0 saturated heterocycles. The Morgan fingerprint density at radius 3 is 2.71 bits per heavy atom. The molecule has 0 fully saturated rings. The van der Waals surface area contributed by atoms with Crippen molar-refractivity contribution in [2.75, 3.05) is 7.11 Å². The summed E-state index contributed by atoms with van der Waals surface area (Å²) in [5, 5.41) is 7.91. The number of methoxy groups -OCH3 is 1. The van der Waals surface area contributed by atoms with E-state index >= 15 is 0 Å². The first-order valence-electron chi connectivity index (χ1n) is 7.12. The average molecular weight is 286 g/mol. The first-order chi connectivity index (χ1) is 10.2. The first-order valence-corrected chi connectivity index (χ1v) is 7.12. The molecule has 5 nitrogen and oxygen atoms in total. The molecule has 0 saturated carbocycles. The van der Waals surface area contributed by atoms with Gasteiger partial charge < -0.3 is 9.15 Å². The Balaban J connectivity index is 1.84. The molecule has 1 heterocycles. The highest BCUT2D eigenvalue weighted by atomic mass is 16.5. The van der Waals surface area contributed by atoms with Gasteiger partial charge in [0.05, 0.1) is 19.3 Å². The van der Waals surface area contributed by atoms with Gasteiger partial charge in [-0.25, -0.2) is 0 Å². The van der Waals surface area contributed by atoms with Crippen LogP contribution in [0.2, 0.25) is 0 Å². The van der Waals surface area contributed by atoms with Crippen molar-refractivity contribution in [3.8, 4) is 5.75 Å². The van der Waals surface area contributed by atoms with E-state index in [2.05, 4.69) is 0 Å². The molecule has 21 heavy (non-hydrogen) atoms.